The van der Waals surface area contributed by atoms with Crippen LogP contribution >= 0.6 is 0 Å². The number of ketones is 1. The number of ether oxygens (including phenoxy) is 2. The van der Waals surface area contributed by atoms with Crippen molar-refractivity contribution in [3.8, 4) is 0 Å². The Morgan fingerprint density at radius 2 is 1.89 bits per heavy atom. The van der Waals surface area contributed by atoms with Gasteiger partial charge >= 0.3 is 11.9 Å². The molecule has 96 valence electrons. The van der Waals surface area contributed by atoms with Crippen LogP contribution in [0.1, 0.15) is 10.4 Å². The molecule has 0 N–H and O–H groups in total. The molecule has 5 heteroatoms. The van der Waals surface area contributed by atoms with Gasteiger partial charge in [-0.3, -0.25) is 4.79 Å². The third kappa shape index (κ3) is 3.64. The summed E-state index contributed by atoms with van der Waals surface area (Å²) in [4.78, 5) is 33.7. The number of hydrogen-bond donors (Lipinski definition) is 0. The molecule has 0 atom stereocenters. The van der Waals surface area contributed by atoms with Crippen molar-refractivity contribution in [2.24, 2.45) is 0 Å². The van der Waals surface area contributed by atoms with E-state index in [0.29, 0.717) is 5.56 Å². The van der Waals surface area contributed by atoms with E-state index >= 15 is 0 Å². The third-order valence-corrected chi connectivity index (χ3v) is 2.26. The highest BCUT2D eigenvalue weighted by molar-refractivity contribution is 5.96. The van der Waals surface area contributed by atoms with E-state index < -0.39 is 24.3 Å². The summed E-state index contributed by atoms with van der Waals surface area (Å²) in [5.74, 6) is -1.42. The average molecular weight is 258 g/mol. The number of carbonyl (C=O) groups excluding carboxylic acids is 3. The van der Waals surface area contributed by atoms with Crippen molar-refractivity contribution < 1.29 is 23.9 Å². The Morgan fingerprint density at radius 3 is 2.53 bits per heavy atom. The summed E-state index contributed by atoms with van der Waals surface area (Å²) in [6.45, 7) is -0.400. The molecule has 0 aromatic heterocycles. The van der Waals surface area contributed by atoms with E-state index in [-0.39, 0.29) is 5.76 Å². The molecule has 0 aliphatic carbocycles. The molecule has 0 unspecified atom stereocenters. The Morgan fingerprint density at radius 1 is 1.16 bits per heavy atom. The fraction of sp³-hybridized carbons (Fsp3) is 0.0714. The molecule has 0 radical (unpaired) electrons. The fourth-order valence-corrected chi connectivity index (χ4v) is 1.41. The highest BCUT2D eigenvalue weighted by Crippen LogP contribution is 2.09. The number of rotatable bonds is 4. The molecule has 0 bridgehead atoms. The lowest BCUT2D eigenvalue weighted by molar-refractivity contribution is -0.132. The lowest BCUT2D eigenvalue weighted by Gasteiger charge is -2.02. The Hall–Kier alpha value is -2.69. The standard InChI is InChI=1S/C14H10O5/c15-11(8-12-6-7-13(16)19-12)9-18-14(17)10-4-2-1-3-5-10/h1-8H,9H2/b12-8+. The van der Waals surface area contributed by atoms with Gasteiger partial charge in [0.15, 0.2) is 12.4 Å². The molecule has 1 aliphatic heterocycles. The van der Waals surface area contributed by atoms with Crippen LogP contribution in [0.25, 0.3) is 0 Å². The molecule has 19 heavy (non-hydrogen) atoms. The second-order valence-corrected chi connectivity index (χ2v) is 3.71. The Labute approximate surface area is 109 Å². The maximum atomic E-state index is 11.5. The van der Waals surface area contributed by atoms with E-state index in [1.807, 2.05) is 0 Å². The van der Waals surface area contributed by atoms with Crippen LogP contribution in [-0.4, -0.2) is 24.3 Å². The third-order valence-electron chi connectivity index (χ3n) is 2.26. The van der Waals surface area contributed by atoms with Gasteiger partial charge in [0.1, 0.15) is 5.76 Å². The molecule has 1 aliphatic rings. The number of allylic oxidation sites excluding steroid dienone is 1. The zero-order valence-corrected chi connectivity index (χ0v) is 9.87. The Balaban J connectivity index is 1.86. The van der Waals surface area contributed by atoms with Crippen LogP contribution < -0.4 is 0 Å². The molecule has 1 heterocycles. The maximum Gasteiger partial charge on any atom is 0.338 e. The molecular weight excluding hydrogens is 248 g/mol. The first-order valence-electron chi connectivity index (χ1n) is 5.52. The normalized spacial score (nSPS) is 15.4. The van der Waals surface area contributed by atoms with Crippen LogP contribution in [0.2, 0.25) is 0 Å². The van der Waals surface area contributed by atoms with Gasteiger partial charge in [-0.2, -0.15) is 0 Å². The van der Waals surface area contributed by atoms with Gasteiger partial charge < -0.3 is 9.47 Å². The van der Waals surface area contributed by atoms with E-state index in [0.717, 1.165) is 6.08 Å². The van der Waals surface area contributed by atoms with Crippen molar-refractivity contribution in [1.29, 1.82) is 0 Å². The van der Waals surface area contributed by atoms with Crippen LogP contribution in [0.5, 0.6) is 0 Å². The average Bonchev–Trinajstić information content (AvgIpc) is 2.82. The van der Waals surface area contributed by atoms with Gasteiger partial charge in [-0.15, -0.1) is 0 Å². The summed E-state index contributed by atoms with van der Waals surface area (Å²) < 4.78 is 9.50. The van der Waals surface area contributed by atoms with Crippen LogP contribution in [0.4, 0.5) is 0 Å². The van der Waals surface area contributed by atoms with Crippen LogP contribution in [0.3, 0.4) is 0 Å². The molecule has 2 rings (SSSR count). The molecular formula is C14H10O5. The summed E-state index contributed by atoms with van der Waals surface area (Å²) in [5.41, 5.74) is 0.371. The number of carbonyl (C=O) groups is 3. The van der Waals surface area contributed by atoms with E-state index in [9.17, 15) is 14.4 Å². The summed E-state index contributed by atoms with van der Waals surface area (Å²) in [5, 5.41) is 0. The monoisotopic (exact) mass is 258 g/mol. The first kappa shape index (κ1) is 12.8. The van der Waals surface area contributed by atoms with Crippen molar-refractivity contribution in [2.75, 3.05) is 6.61 Å². The smallest absolute Gasteiger partial charge is 0.338 e. The topological polar surface area (TPSA) is 69.7 Å². The van der Waals surface area contributed by atoms with Gasteiger partial charge in [0.05, 0.1) is 5.56 Å². The molecule has 0 fully saturated rings. The maximum absolute atomic E-state index is 11.5. The molecule has 1 aromatic carbocycles. The minimum absolute atomic E-state index is 0.144. The molecule has 0 amide bonds. The summed E-state index contributed by atoms with van der Waals surface area (Å²) >= 11 is 0. The van der Waals surface area contributed by atoms with Crippen LogP contribution in [0, 0.1) is 0 Å². The highest BCUT2D eigenvalue weighted by Gasteiger charge is 2.13. The van der Waals surface area contributed by atoms with Crippen molar-refractivity contribution in [2.45, 2.75) is 0 Å². The molecule has 0 saturated carbocycles. The van der Waals surface area contributed by atoms with Crippen molar-refractivity contribution in [3.63, 3.8) is 0 Å². The lowest BCUT2D eigenvalue weighted by Crippen LogP contribution is -2.12. The van der Waals surface area contributed by atoms with Gasteiger partial charge in [0, 0.05) is 12.2 Å². The van der Waals surface area contributed by atoms with Gasteiger partial charge in [-0.25, -0.2) is 9.59 Å². The fourth-order valence-electron chi connectivity index (χ4n) is 1.41. The van der Waals surface area contributed by atoms with Crippen LogP contribution in [0.15, 0.2) is 54.3 Å². The lowest BCUT2D eigenvalue weighted by atomic mass is 10.2. The SMILES string of the molecule is O=C(/C=C1\C=CC(=O)O1)COC(=O)c1ccccc1. The Bertz CT molecular complexity index is 569. The van der Waals surface area contributed by atoms with Crippen molar-refractivity contribution in [1.82, 2.24) is 0 Å². The quantitative estimate of drug-likeness (QED) is 0.603. The molecule has 0 spiro atoms. The Kier molecular flexibility index (Phi) is 3.87. The van der Waals surface area contributed by atoms with E-state index in [4.69, 9.17) is 4.74 Å². The predicted octanol–water partition coefficient (Wildman–Crippen LogP) is 1.41. The van der Waals surface area contributed by atoms with Gasteiger partial charge in [0.25, 0.3) is 0 Å². The van der Waals surface area contributed by atoms with Crippen molar-refractivity contribution >= 4 is 17.7 Å². The number of hydrogen-bond acceptors (Lipinski definition) is 5. The molecule has 1 aromatic rings. The number of benzene rings is 1. The zero-order chi connectivity index (χ0) is 13.7. The van der Waals surface area contributed by atoms with Crippen molar-refractivity contribution in [3.05, 3.63) is 59.9 Å². The van der Waals surface area contributed by atoms with Crippen LogP contribution in [-0.2, 0) is 19.1 Å². The summed E-state index contributed by atoms with van der Waals surface area (Å²) in [6.07, 6.45) is 3.69. The first-order chi connectivity index (χ1) is 9.15. The van der Waals surface area contributed by atoms with Gasteiger partial charge in [-0.1, -0.05) is 18.2 Å². The predicted molar refractivity (Wildman–Crippen MR) is 65.0 cm³/mol. The van der Waals surface area contributed by atoms with Gasteiger partial charge in [0.2, 0.25) is 0 Å². The van der Waals surface area contributed by atoms with E-state index in [2.05, 4.69) is 4.74 Å². The van der Waals surface area contributed by atoms with E-state index in [1.165, 1.54) is 12.2 Å². The zero-order valence-electron chi connectivity index (χ0n) is 9.87. The first-order valence-corrected chi connectivity index (χ1v) is 5.52. The van der Waals surface area contributed by atoms with Gasteiger partial charge in [-0.05, 0) is 18.2 Å². The summed E-state index contributed by atoms with van der Waals surface area (Å²) in [6, 6.07) is 8.35. The number of esters is 2. The second kappa shape index (κ2) is 5.77. The second-order valence-electron chi connectivity index (χ2n) is 3.71. The highest BCUT2D eigenvalue weighted by atomic mass is 16.5. The molecule has 5 nitrogen and oxygen atoms in total. The number of cyclic esters (lactones) is 1. The summed E-state index contributed by atoms with van der Waals surface area (Å²) in [7, 11) is 0. The van der Waals surface area contributed by atoms with E-state index in [1.54, 1.807) is 30.3 Å². The minimum atomic E-state index is -0.577. The molecule has 0 saturated heterocycles. The minimum Gasteiger partial charge on any atom is -0.454 e. The largest absolute Gasteiger partial charge is 0.454 e.